The fourth-order valence-electron chi connectivity index (χ4n) is 1.35. The second kappa shape index (κ2) is 3.55. The molecular formula is C9H10N4O. The van der Waals surface area contributed by atoms with E-state index in [9.17, 15) is 0 Å². The molecule has 0 aliphatic rings. The van der Waals surface area contributed by atoms with Crippen LogP contribution in [0.3, 0.4) is 0 Å². The van der Waals surface area contributed by atoms with Crippen molar-refractivity contribution in [1.29, 1.82) is 0 Å². The lowest BCUT2D eigenvalue weighted by Crippen LogP contribution is -1.99. The summed E-state index contributed by atoms with van der Waals surface area (Å²) in [6.45, 7) is 4.10. The molecule has 0 saturated carbocycles. The van der Waals surface area contributed by atoms with E-state index in [-0.39, 0.29) is 6.61 Å². The molecule has 5 nitrogen and oxygen atoms in total. The second-order valence-electron chi connectivity index (χ2n) is 2.84. The van der Waals surface area contributed by atoms with Crippen molar-refractivity contribution >= 4 is 11.0 Å². The maximum absolute atomic E-state index is 9.06. The van der Waals surface area contributed by atoms with Gasteiger partial charge in [-0.25, -0.2) is 14.6 Å². The summed E-state index contributed by atoms with van der Waals surface area (Å²) in [5.41, 5.74) is 1.33. The number of hydrogen-bond donors (Lipinski definition) is 1. The third kappa shape index (κ3) is 1.27. The summed E-state index contributed by atoms with van der Waals surface area (Å²) < 4.78 is 1.69. The molecule has 1 N–H and O–H groups in total. The minimum Gasteiger partial charge on any atom is -0.390 e. The number of aliphatic hydroxyl groups is 1. The molecule has 0 unspecified atom stereocenters. The maximum atomic E-state index is 9.06. The van der Waals surface area contributed by atoms with Crippen LogP contribution in [0.4, 0.5) is 0 Å². The molecule has 0 bridgehead atoms. The topological polar surface area (TPSA) is 63.8 Å². The van der Waals surface area contributed by atoms with Crippen LogP contribution in [0.25, 0.3) is 11.0 Å². The van der Waals surface area contributed by atoms with Gasteiger partial charge in [-0.3, -0.25) is 0 Å². The second-order valence-corrected chi connectivity index (χ2v) is 2.84. The lowest BCUT2D eigenvalue weighted by atomic mass is 10.3. The Kier molecular flexibility index (Phi) is 2.24. The van der Waals surface area contributed by atoms with Gasteiger partial charge in [0.05, 0.1) is 24.2 Å². The van der Waals surface area contributed by atoms with E-state index in [2.05, 4.69) is 21.6 Å². The monoisotopic (exact) mass is 190 g/mol. The molecule has 14 heavy (non-hydrogen) atoms. The molecule has 5 heteroatoms. The highest BCUT2D eigenvalue weighted by atomic mass is 16.3. The number of nitrogens with zero attached hydrogens (tertiary/aromatic N) is 4. The van der Waals surface area contributed by atoms with Crippen molar-refractivity contribution in [3.8, 4) is 0 Å². The van der Waals surface area contributed by atoms with E-state index in [4.69, 9.17) is 5.11 Å². The minimum absolute atomic E-state index is 0.103. The van der Waals surface area contributed by atoms with Gasteiger partial charge in [0, 0.05) is 6.20 Å². The summed E-state index contributed by atoms with van der Waals surface area (Å²) >= 11 is 0. The first kappa shape index (κ1) is 8.83. The van der Waals surface area contributed by atoms with Crippen LogP contribution in [-0.4, -0.2) is 24.9 Å². The first-order chi connectivity index (χ1) is 6.86. The van der Waals surface area contributed by atoms with Crippen LogP contribution in [-0.2, 0) is 13.2 Å². The minimum atomic E-state index is -0.103. The van der Waals surface area contributed by atoms with E-state index < -0.39 is 0 Å². The molecule has 2 aromatic heterocycles. The van der Waals surface area contributed by atoms with Crippen LogP contribution in [0, 0.1) is 0 Å². The van der Waals surface area contributed by atoms with E-state index in [1.807, 2.05) is 0 Å². The molecule has 0 spiro atoms. The molecule has 0 aliphatic carbocycles. The molecule has 2 aromatic rings. The van der Waals surface area contributed by atoms with Gasteiger partial charge >= 0.3 is 0 Å². The molecule has 72 valence electrons. The molecule has 2 heterocycles. The quantitative estimate of drug-likeness (QED) is 0.716. The molecule has 0 fully saturated rings. The number of fused-ring (bicyclic) bond motifs is 1. The molecule has 0 aromatic carbocycles. The Labute approximate surface area is 80.7 Å². The number of allylic oxidation sites excluding steroid dienone is 1. The van der Waals surface area contributed by atoms with Crippen molar-refractivity contribution in [2.45, 2.75) is 13.2 Å². The predicted molar refractivity (Wildman–Crippen MR) is 51.4 cm³/mol. The molecule has 0 aliphatic heterocycles. The maximum Gasteiger partial charge on any atom is 0.161 e. The van der Waals surface area contributed by atoms with E-state index >= 15 is 0 Å². The van der Waals surface area contributed by atoms with E-state index in [0.29, 0.717) is 12.2 Å². The first-order valence-corrected chi connectivity index (χ1v) is 4.24. The first-order valence-electron chi connectivity index (χ1n) is 4.24. The average Bonchev–Trinajstić information content (AvgIpc) is 2.58. The number of aromatic nitrogens is 4. The summed E-state index contributed by atoms with van der Waals surface area (Å²) in [6.07, 6.45) is 4.85. The summed E-state index contributed by atoms with van der Waals surface area (Å²) in [4.78, 5) is 7.99. The van der Waals surface area contributed by atoms with Crippen LogP contribution in [0.5, 0.6) is 0 Å². The SMILES string of the molecule is C=CCn1nc(CO)c2cncnc21. The zero-order valence-electron chi connectivity index (χ0n) is 7.59. The van der Waals surface area contributed by atoms with Gasteiger partial charge in [0.25, 0.3) is 0 Å². The van der Waals surface area contributed by atoms with Crippen molar-refractivity contribution in [1.82, 2.24) is 19.7 Å². The highest BCUT2D eigenvalue weighted by Gasteiger charge is 2.09. The van der Waals surface area contributed by atoms with Crippen LogP contribution < -0.4 is 0 Å². The van der Waals surface area contributed by atoms with Crippen molar-refractivity contribution in [3.63, 3.8) is 0 Å². The molecule has 0 radical (unpaired) electrons. The molecular weight excluding hydrogens is 180 g/mol. The largest absolute Gasteiger partial charge is 0.390 e. The van der Waals surface area contributed by atoms with Crippen LogP contribution in [0.1, 0.15) is 5.69 Å². The average molecular weight is 190 g/mol. The lowest BCUT2D eigenvalue weighted by molar-refractivity contribution is 0.277. The third-order valence-corrected chi connectivity index (χ3v) is 1.94. The predicted octanol–water partition coefficient (Wildman–Crippen LogP) is 0.505. The molecule has 0 atom stereocenters. The normalized spacial score (nSPS) is 10.6. The van der Waals surface area contributed by atoms with Crippen molar-refractivity contribution in [3.05, 3.63) is 30.9 Å². The van der Waals surface area contributed by atoms with E-state index in [0.717, 1.165) is 11.0 Å². The summed E-state index contributed by atoms with van der Waals surface area (Å²) in [5, 5.41) is 14.0. The Balaban J connectivity index is 2.66. The Hall–Kier alpha value is -1.75. The van der Waals surface area contributed by atoms with Crippen molar-refractivity contribution < 1.29 is 5.11 Å². The van der Waals surface area contributed by atoms with Crippen molar-refractivity contribution in [2.24, 2.45) is 0 Å². The summed E-state index contributed by atoms with van der Waals surface area (Å²) in [6, 6.07) is 0. The van der Waals surface area contributed by atoms with Gasteiger partial charge in [0.2, 0.25) is 0 Å². The number of aliphatic hydroxyl groups excluding tert-OH is 1. The molecule has 0 saturated heterocycles. The molecule has 2 rings (SSSR count). The zero-order valence-corrected chi connectivity index (χ0v) is 7.59. The van der Waals surface area contributed by atoms with Crippen molar-refractivity contribution in [2.75, 3.05) is 0 Å². The standard InChI is InChI=1S/C9H10N4O/c1-2-3-13-9-7(4-10-6-11-9)8(5-14)12-13/h2,4,6,14H,1,3,5H2. The Morgan fingerprint density at radius 1 is 1.57 bits per heavy atom. The van der Waals surface area contributed by atoms with Gasteiger partial charge in [0.1, 0.15) is 6.33 Å². The smallest absolute Gasteiger partial charge is 0.161 e. The van der Waals surface area contributed by atoms with Gasteiger partial charge in [-0.15, -0.1) is 6.58 Å². The highest BCUT2D eigenvalue weighted by molar-refractivity contribution is 5.76. The summed E-state index contributed by atoms with van der Waals surface area (Å²) in [7, 11) is 0. The van der Waals surface area contributed by atoms with Crippen LogP contribution >= 0.6 is 0 Å². The van der Waals surface area contributed by atoms with Crippen LogP contribution in [0.15, 0.2) is 25.2 Å². The van der Waals surface area contributed by atoms with Gasteiger partial charge in [-0.05, 0) is 0 Å². The number of hydrogen-bond acceptors (Lipinski definition) is 4. The lowest BCUT2D eigenvalue weighted by Gasteiger charge is -1.95. The van der Waals surface area contributed by atoms with Crippen LogP contribution in [0.2, 0.25) is 0 Å². The van der Waals surface area contributed by atoms with Gasteiger partial charge in [-0.1, -0.05) is 6.08 Å². The van der Waals surface area contributed by atoms with Gasteiger partial charge < -0.3 is 5.11 Å². The molecule has 0 amide bonds. The highest BCUT2D eigenvalue weighted by Crippen LogP contribution is 2.14. The zero-order chi connectivity index (χ0) is 9.97. The Morgan fingerprint density at radius 2 is 2.43 bits per heavy atom. The van der Waals surface area contributed by atoms with E-state index in [1.54, 1.807) is 17.0 Å². The van der Waals surface area contributed by atoms with Gasteiger partial charge in [0.15, 0.2) is 5.65 Å². The number of rotatable bonds is 3. The Bertz CT molecular complexity index is 463. The fraction of sp³-hybridized carbons (Fsp3) is 0.222. The van der Waals surface area contributed by atoms with E-state index in [1.165, 1.54) is 6.33 Å². The third-order valence-electron chi connectivity index (χ3n) is 1.94. The fourth-order valence-corrected chi connectivity index (χ4v) is 1.35. The van der Waals surface area contributed by atoms with Gasteiger partial charge in [-0.2, -0.15) is 5.10 Å². The summed E-state index contributed by atoms with van der Waals surface area (Å²) in [5.74, 6) is 0. The Morgan fingerprint density at radius 3 is 3.14 bits per heavy atom.